The average molecular weight is 532 g/mol. The lowest BCUT2D eigenvalue weighted by atomic mass is 10.1. The van der Waals surface area contributed by atoms with E-state index in [4.69, 9.17) is 4.74 Å². The van der Waals surface area contributed by atoms with Gasteiger partial charge in [-0.05, 0) is 62.9 Å². The standard InChI is InChI=1S/C17H30I2N2O/c1-20(2,3)9-7-11-22-17-15(18)12-14(13-16(17)19)8-10-21(4,5)6/h12-13H,7-11H2,1-6H3/q+2. The van der Waals surface area contributed by atoms with E-state index in [9.17, 15) is 0 Å². The molecule has 0 unspecified atom stereocenters. The second-order valence-corrected chi connectivity index (χ2v) is 10.2. The lowest BCUT2D eigenvalue weighted by Crippen LogP contribution is -2.36. The van der Waals surface area contributed by atoms with Gasteiger partial charge in [-0.25, -0.2) is 0 Å². The molecule has 0 heterocycles. The number of likely N-dealkylation sites (N-methyl/N-ethyl adjacent to an activating group) is 1. The van der Waals surface area contributed by atoms with E-state index in [0.29, 0.717) is 0 Å². The van der Waals surface area contributed by atoms with E-state index in [1.165, 1.54) is 12.7 Å². The monoisotopic (exact) mass is 532 g/mol. The van der Waals surface area contributed by atoms with E-state index in [-0.39, 0.29) is 0 Å². The number of halogens is 2. The molecule has 1 aromatic carbocycles. The van der Waals surface area contributed by atoms with Crippen molar-refractivity contribution in [3.8, 4) is 5.75 Å². The third kappa shape index (κ3) is 8.31. The molecule has 0 aliphatic heterocycles. The first-order chi connectivity index (χ1) is 9.98. The third-order valence-electron chi connectivity index (χ3n) is 3.35. The Morgan fingerprint density at radius 1 is 0.864 bits per heavy atom. The summed E-state index contributed by atoms with van der Waals surface area (Å²) < 4.78 is 10.5. The molecule has 3 nitrogen and oxygen atoms in total. The molecule has 5 heteroatoms. The maximum absolute atomic E-state index is 6.03. The lowest BCUT2D eigenvalue weighted by molar-refractivity contribution is -0.870. The fourth-order valence-electron chi connectivity index (χ4n) is 2.07. The molecule has 0 atom stereocenters. The van der Waals surface area contributed by atoms with Crippen molar-refractivity contribution in [1.82, 2.24) is 0 Å². The number of hydrogen-bond donors (Lipinski definition) is 0. The van der Waals surface area contributed by atoms with Crippen LogP contribution in [0.25, 0.3) is 0 Å². The van der Waals surface area contributed by atoms with Crippen LogP contribution in [0.3, 0.4) is 0 Å². The van der Waals surface area contributed by atoms with Crippen LogP contribution in [0.1, 0.15) is 12.0 Å². The van der Waals surface area contributed by atoms with Crippen LogP contribution in [-0.2, 0) is 6.42 Å². The Labute approximate surface area is 163 Å². The van der Waals surface area contributed by atoms with Crippen molar-refractivity contribution < 1.29 is 13.7 Å². The molecule has 1 aromatic rings. The van der Waals surface area contributed by atoms with Crippen LogP contribution >= 0.6 is 45.2 Å². The maximum Gasteiger partial charge on any atom is 0.145 e. The maximum atomic E-state index is 6.03. The van der Waals surface area contributed by atoms with Gasteiger partial charge in [-0.1, -0.05) is 0 Å². The van der Waals surface area contributed by atoms with E-state index < -0.39 is 0 Å². The first-order valence-corrected chi connectivity index (χ1v) is 9.85. The van der Waals surface area contributed by atoms with Gasteiger partial charge in [-0.2, -0.15) is 0 Å². The van der Waals surface area contributed by atoms with Crippen LogP contribution < -0.4 is 4.74 Å². The summed E-state index contributed by atoms with van der Waals surface area (Å²) >= 11 is 4.80. The molecule has 0 spiro atoms. The van der Waals surface area contributed by atoms with Gasteiger partial charge >= 0.3 is 0 Å². The Hall–Kier alpha value is 0.400. The minimum absolute atomic E-state index is 0.791. The Morgan fingerprint density at radius 3 is 1.82 bits per heavy atom. The van der Waals surface area contributed by atoms with E-state index in [2.05, 4.69) is 99.6 Å². The predicted molar refractivity (Wildman–Crippen MR) is 111 cm³/mol. The number of ether oxygens (including phenoxy) is 1. The molecule has 22 heavy (non-hydrogen) atoms. The lowest BCUT2D eigenvalue weighted by Gasteiger charge is -2.24. The number of nitrogens with zero attached hydrogens (tertiary/aromatic N) is 2. The minimum Gasteiger partial charge on any atom is -0.491 e. The largest absolute Gasteiger partial charge is 0.491 e. The van der Waals surface area contributed by atoms with Crippen LogP contribution in [0.4, 0.5) is 0 Å². The Morgan fingerprint density at radius 2 is 1.36 bits per heavy atom. The highest BCUT2D eigenvalue weighted by Gasteiger charge is 2.13. The van der Waals surface area contributed by atoms with Crippen LogP contribution in [-0.4, -0.2) is 70.9 Å². The highest BCUT2D eigenvalue weighted by Crippen LogP contribution is 2.29. The van der Waals surface area contributed by atoms with Gasteiger partial charge in [0.25, 0.3) is 0 Å². The summed E-state index contributed by atoms with van der Waals surface area (Å²) in [6, 6.07) is 4.54. The van der Waals surface area contributed by atoms with Crippen molar-refractivity contribution in [1.29, 1.82) is 0 Å². The van der Waals surface area contributed by atoms with Crippen molar-refractivity contribution in [2.75, 3.05) is 62.0 Å². The predicted octanol–water partition coefficient (Wildman–Crippen LogP) is 3.62. The molecule has 1 rings (SSSR count). The normalized spacial score (nSPS) is 12.5. The Kier molecular flexibility index (Phi) is 7.88. The fraction of sp³-hybridized carbons (Fsp3) is 0.647. The van der Waals surface area contributed by atoms with Crippen LogP contribution in [0, 0.1) is 7.14 Å². The SMILES string of the molecule is C[N+](C)(C)CCCOc1c(I)cc(CC[N+](C)(C)C)cc1I. The topological polar surface area (TPSA) is 9.23 Å². The van der Waals surface area contributed by atoms with Crippen molar-refractivity contribution in [3.63, 3.8) is 0 Å². The molecular formula is C17H30I2N2O+2. The van der Waals surface area contributed by atoms with Gasteiger partial charge in [0.05, 0.1) is 69.1 Å². The summed E-state index contributed by atoms with van der Waals surface area (Å²) in [5.41, 5.74) is 1.40. The van der Waals surface area contributed by atoms with Crippen LogP contribution in [0.5, 0.6) is 5.75 Å². The van der Waals surface area contributed by atoms with E-state index >= 15 is 0 Å². The number of rotatable bonds is 8. The second-order valence-electron chi connectivity index (χ2n) is 7.87. The summed E-state index contributed by atoms with van der Waals surface area (Å²) in [6.07, 6.45) is 2.19. The van der Waals surface area contributed by atoms with Crippen molar-refractivity contribution >= 4 is 45.2 Å². The number of benzene rings is 1. The molecule has 0 saturated carbocycles. The van der Waals surface area contributed by atoms with Gasteiger partial charge in [-0.15, -0.1) is 0 Å². The van der Waals surface area contributed by atoms with Crippen molar-refractivity contribution in [2.45, 2.75) is 12.8 Å². The molecule has 0 saturated heterocycles. The summed E-state index contributed by atoms with van der Waals surface area (Å²) in [6.45, 7) is 3.07. The summed E-state index contributed by atoms with van der Waals surface area (Å²) in [5.74, 6) is 1.05. The molecular weight excluding hydrogens is 502 g/mol. The summed E-state index contributed by atoms with van der Waals surface area (Å²) in [7, 11) is 13.4. The fourth-order valence-corrected chi connectivity index (χ4v) is 4.28. The zero-order valence-electron chi connectivity index (χ0n) is 14.7. The van der Waals surface area contributed by atoms with E-state index in [1.54, 1.807) is 0 Å². The highest BCUT2D eigenvalue weighted by atomic mass is 127. The van der Waals surface area contributed by atoms with Gasteiger partial charge in [0.1, 0.15) is 5.75 Å². The van der Waals surface area contributed by atoms with Gasteiger partial charge in [-0.3, -0.25) is 0 Å². The summed E-state index contributed by atoms with van der Waals surface area (Å²) in [5, 5.41) is 0. The molecule has 0 N–H and O–H groups in total. The zero-order chi connectivity index (χ0) is 17.0. The van der Waals surface area contributed by atoms with Gasteiger partial charge in [0, 0.05) is 12.8 Å². The molecule has 0 radical (unpaired) electrons. The average Bonchev–Trinajstić information content (AvgIpc) is 2.32. The highest BCUT2D eigenvalue weighted by molar-refractivity contribution is 14.1. The minimum atomic E-state index is 0.791. The smallest absolute Gasteiger partial charge is 0.145 e. The van der Waals surface area contributed by atoms with Crippen molar-refractivity contribution in [3.05, 3.63) is 24.8 Å². The number of quaternary nitrogens is 2. The zero-order valence-corrected chi connectivity index (χ0v) is 19.1. The van der Waals surface area contributed by atoms with Crippen molar-refractivity contribution in [2.24, 2.45) is 0 Å². The quantitative estimate of drug-likeness (QED) is 0.283. The molecule has 0 bridgehead atoms. The molecule has 0 aliphatic carbocycles. The van der Waals surface area contributed by atoms with Crippen LogP contribution in [0.2, 0.25) is 0 Å². The Balaban J connectivity index is 2.62. The molecule has 0 aliphatic rings. The van der Waals surface area contributed by atoms with Gasteiger partial charge < -0.3 is 13.7 Å². The first-order valence-electron chi connectivity index (χ1n) is 7.69. The van der Waals surface area contributed by atoms with E-state index in [0.717, 1.165) is 47.3 Å². The first kappa shape index (κ1) is 20.4. The van der Waals surface area contributed by atoms with Gasteiger partial charge in [0.15, 0.2) is 0 Å². The number of hydrogen-bond acceptors (Lipinski definition) is 1. The summed E-state index contributed by atoms with van der Waals surface area (Å²) in [4.78, 5) is 0. The van der Waals surface area contributed by atoms with Gasteiger partial charge in [0.2, 0.25) is 0 Å². The molecule has 0 amide bonds. The second kappa shape index (κ2) is 8.48. The molecule has 126 valence electrons. The Bertz CT molecular complexity index is 467. The molecule has 0 fully saturated rings. The third-order valence-corrected chi connectivity index (χ3v) is 4.95. The van der Waals surface area contributed by atoms with Crippen LogP contribution in [0.15, 0.2) is 12.1 Å². The van der Waals surface area contributed by atoms with E-state index in [1.807, 2.05) is 0 Å². The molecule has 0 aromatic heterocycles.